The monoisotopic (exact) mass is 286 g/mol. The molecule has 1 aromatic carbocycles. The van der Waals surface area contributed by atoms with Crippen molar-refractivity contribution in [3.63, 3.8) is 0 Å². The summed E-state index contributed by atoms with van der Waals surface area (Å²) in [6.45, 7) is 1.99. The number of carbonyl (C=O) groups is 2. The highest BCUT2D eigenvalue weighted by molar-refractivity contribution is 5.95. The van der Waals surface area contributed by atoms with Gasteiger partial charge in [0.05, 0.1) is 5.92 Å². The molecule has 5 heteroatoms. The fourth-order valence-electron chi connectivity index (χ4n) is 3.04. The van der Waals surface area contributed by atoms with Crippen LogP contribution in [0.5, 0.6) is 0 Å². The van der Waals surface area contributed by atoms with E-state index >= 15 is 0 Å². The quantitative estimate of drug-likeness (QED) is 0.811. The van der Waals surface area contributed by atoms with Crippen LogP contribution in [0.4, 0.5) is 5.69 Å². The first-order chi connectivity index (χ1) is 10.0. The zero-order valence-corrected chi connectivity index (χ0v) is 11.8. The predicted molar refractivity (Wildman–Crippen MR) is 80.1 cm³/mol. The average molecular weight is 286 g/mol. The van der Waals surface area contributed by atoms with E-state index in [9.17, 15) is 9.59 Å². The van der Waals surface area contributed by atoms with E-state index in [0.717, 1.165) is 22.3 Å². The van der Waals surface area contributed by atoms with Crippen LogP contribution in [0.15, 0.2) is 24.3 Å². The predicted octanol–water partition coefficient (Wildman–Crippen LogP) is 2.92. The highest BCUT2D eigenvalue weighted by Crippen LogP contribution is 2.32. The number of aryl methyl sites for hydroxylation is 1. The second kappa shape index (κ2) is 5.24. The van der Waals surface area contributed by atoms with Gasteiger partial charge in [0.1, 0.15) is 0 Å². The van der Waals surface area contributed by atoms with Crippen LogP contribution < -0.4 is 5.32 Å². The van der Waals surface area contributed by atoms with E-state index in [-0.39, 0.29) is 17.7 Å². The van der Waals surface area contributed by atoms with Crippen molar-refractivity contribution in [3.05, 3.63) is 30.0 Å². The highest BCUT2D eigenvalue weighted by Gasteiger charge is 2.33. The Bertz CT molecular complexity index is 705. The van der Waals surface area contributed by atoms with Gasteiger partial charge in [-0.25, -0.2) is 0 Å². The van der Waals surface area contributed by atoms with Crippen LogP contribution in [0.2, 0.25) is 0 Å². The molecule has 3 N–H and O–H groups in total. The van der Waals surface area contributed by atoms with Crippen molar-refractivity contribution in [2.75, 3.05) is 5.32 Å². The number of carboxylic acid groups (broad SMARTS) is 1. The number of hydrogen-bond acceptors (Lipinski definition) is 2. The molecule has 5 nitrogen and oxygen atoms in total. The molecule has 3 rings (SSSR count). The lowest BCUT2D eigenvalue weighted by molar-refractivity contribution is -0.141. The fraction of sp³-hybridized carbons (Fsp3) is 0.375. The zero-order valence-electron chi connectivity index (χ0n) is 11.8. The molecule has 1 heterocycles. The SMILES string of the molecule is Cc1cc2cc(NC(=O)[C@@H]3CC[C@H](C(=O)O)C3)ccc2[nH]1. The number of benzene rings is 1. The molecule has 1 fully saturated rings. The van der Waals surface area contributed by atoms with Gasteiger partial charge in [-0.1, -0.05) is 0 Å². The Morgan fingerprint density at radius 1 is 1.24 bits per heavy atom. The van der Waals surface area contributed by atoms with Crippen LogP contribution in [-0.4, -0.2) is 22.0 Å². The molecule has 0 bridgehead atoms. The van der Waals surface area contributed by atoms with Crippen molar-refractivity contribution in [1.82, 2.24) is 4.98 Å². The summed E-state index contributed by atoms with van der Waals surface area (Å²) in [4.78, 5) is 26.4. The third kappa shape index (κ3) is 2.77. The lowest BCUT2D eigenvalue weighted by Crippen LogP contribution is -2.21. The Hall–Kier alpha value is -2.30. The Kier molecular flexibility index (Phi) is 3.41. The molecule has 110 valence electrons. The highest BCUT2D eigenvalue weighted by atomic mass is 16.4. The molecule has 2 atom stereocenters. The van der Waals surface area contributed by atoms with Crippen molar-refractivity contribution in [2.24, 2.45) is 11.8 Å². The van der Waals surface area contributed by atoms with E-state index < -0.39 is 5.97 Å². The second-order valence-corrected chi connectivity index (χ2v) is 5.79. The molecule has 0 unspecified atom stereocenters. The molecule has 1 saturated carbocycles. The molecule has 1 aliphatic rings. The Morgan fingerprint density at radius 3 is 2.71 bits per heavy atom. The summed E-state index contributed by atoms with van der Waals surface area (Å²) in [6, 6.07) is 7.76. The summed E-state index contributed by atoms with van der Waals surface area (Å²) >= 11 is 0. The first-order valence-electron chi connectivity index (χ1n) is 7.16. The maximum absolute atomic E-state index is 12.2. The first kappa shape index (κ1) is 13.7. The lowest BCUT2D eigenvalue weighted by atomic mass is 10.0. The maximum Gasteiger partial charge on any atom is 0.306 e. The Morgan fingerprint density at radius 2 is 2.00 bits per heavy atom. The number of fused-ring (bicyclic) bond motifs is 1. The number of aromatic amines is 1. The van der Waals surface area contributed by atoms with Crippen molar-refractivity contribution in [2.45, 2.75) is 26.2 Å². The van der Waals surface area contributed by atoms with E-state index in [1.165, 1.54) is 0 Å². The van der Waals surface area contributed by atoms with Crippen LogP contribution in [-0.2, 0) is 9.59 Å². The summed E-state index contributed by atoms with van der Waals surface area (Å²) in [5.74, 6) is -1.45. The number of H-pyrrole nitrogens is 1. The van der Waals surface area contributed by atoms with Crippen LogP contribution in [0, 0.1) is 18.8 Å². The van der Waals surface area contributed by atoms with Gasteiger partial charge in [0.25, 0.3) is 0 Å². The number of nitrogens with one attached hydrogen (secondary N) is 2. The third-order valence-corrected chi connectivity index (χ3v) is 4.18. The van der Waals surface area contributed by atoms with Gasteiger partial charge in [-0.05, 0) is 50.5 Å². The van der Waals surface area contributed by atoms with Crippen molar-refractivity contribution in [3.8, 4) is 0 Å². The molecule has 1 amide bonds. The van der Waals surface area contributed by atoms with Gasteiger partial charge in [-0.3, -0.25) is 9.59 Å². The molecule has 1 aliphatic carbocycles. The number of aliphatic carboxylic acids is 1. The number of carbonyl (C=O) groups excluding carboxylic acids is 1. The average Bonchev–Trinajstić information content (AvgIpc) is 3.03. The standard InChI is InChI=1S/C16H18N2O3/c1-9-6-12-8-13(4-5-14(12)17-9)18-15(19)10-2-3-11(7-10)16(20)21/h4-6,8,10-11,17H,2-3,7H2,1H3,(H,18,19)(H,20,21)/t10-,11+/m1/s1. The van der Waals surface area contributed by atoms with Gasteiger partial charge in [-0.15, -0.1) is 0 Å². The molecule has 2 aromatic rings. The number of carboxylic acids is 1. The summed E-state index contributed by atoms with van der Waals surface area (Å²) in [5.41, 5.74) is 2.87. The van der Waals surface area contributed by atoms with Crippen molar-refractivity contribution >= 4 is 28.5 Å². The Labute approximate surface area is 122 Å². The zero-order chi connectivity index (χ0) is 15.0. The number of amides is 1. The molecule has 1 aromatic heterocycles. The van der Waals surface area contributed by atoms with E-state index in [2.05, 4.69) is 10.3 Å². The van der Waals surface area contributed by atoms with E-state index in [0.29, 0.717) is 19.3 Å². The van der Waals surface area contributed by atoms with Crippen LogP contribution in [0.3, 0.4) is 0 Å². The Balaban J connectivity index is 1.70. The number of rotatable bonds is 3. The summed E-state index contributed by atoms with van der Waals surface area (Å²) < 4.78 is 0. The molecular formula is C16H18N2O3. The summed E-state index contributed by atoms with van der Waals surface area (Å²) in [7, 11) is 0. The van der Waals surface area contributed by atoms with Crippen LogP contribution in [0.1, 0.15) is 25.0 Å². The largest absolute Gasteiger partial charge is 0.481 e. The topological polar surface area (TPSA) is 82.2 Å². The van der Waals surface area contributed by atoms with Crippen molar-refractivity contribution < 1.29 is 14.7 Å². The normalized spacial score (nSPS) is 21.6. The number of hydrogen-bond donors (Lipinski definition) is 3. The minimum absolute atomic E-state index is 0.0784. The maximum atomic E-state index is 12.2. The minimum Gasteiger partial charge on any atom is -0.481 e. The van der Waals surface area contributed by atoms with E-state index in [1.807, 2.05) is 31.2 Å². The van der Waals surface area contributed by atoms with E-state index in [4.69, 9.17) is 5.11 Å². The molecular weight excluding hydrogens is 268 g/mol. The van der Waals surface area contributed by atoms with Gasteiger partial charge >= 0.3 is 5.97 Å². The lowest BCUT2D eigenvalue weighted by Gasteiger charge is -2.11. The van der Waals surface area contributed by atoms with Gasteiger partial charge in [0, 0.05) is 28.2 Å². The third-order valence-electron chi connectivity index (χ3n) is 4.18. The molecule has 0 radical (unpaired) electrons. The molecule has 0 spiro atoms. The van der Waals surface area contributed by atoms with Gasteiger partial charge in [-0.2, -0.15) is 0 Å². The first-order valence-corrected chi connectivity index (χ1v) is 7.16. The van der Waals surface area contributed by atoms with Crippen LogP contribution in [0.25, 0.3) is 10.9 Å². The summed E-state index contributed by atoms with van der Waals surface area (Å²) in [6.07, 6.45) is 1.67. The molecule has 21 heavy (non-hydrogen) atoms. The van der Waals surface area contributed by atoms with Crippen molar-refractivity contribution in [1.29, 1.82) is 0 Å². The van der Waals surface area contributed by atoms with Gasteiger partial charge < -0.3 is 15.4 Å². The number of aromatic nitrogens is 1. The fourth-order valence-corrected chi connectivity index (χ4v) is 3.04. The molecule has 0 saturated heterocycles. The smallest absolute Gasteiger partial charge is 0.306 e. The van der Waals surface area contributed by atoms with Crippen LogP contribution >= 0.6 is 0 Å². The second-order valence-electron chi connectivity index (χ2n) is 5.79. The van der Waals surface area contributed by atoms with E-state index in [1.54, 1.807) is 0 Å². The molecule has 0 aliphatic heterocycles. The minimum atomic E-state index is -0.797. The number of anilines is 1. The van der Waals surface area contributed by atoms with Gasteiger partial charge in [0.15, 0.2) is 0 Å². The summed E-state index contributed by atoms with van der Waals surface area (Å²) in [5, 5.41) is 12.9. The van der Waals surface area contributed by atoms with Gasteiger partial charge in [0.2, 0.25) is 5.91 Å².